The number of nitrogens with two attached hydrogens (primary N) is 1. The third-order valence-electron chi connectivity index (χ3n) is 6.62. The van der Waals surface area contributed by atoms with Crippen LogP contribution in [0.15, 0.2) is 24.5 Å². The first-order valence-electron chi connectivity index (χ1n) is 11.5. The number of ether oxygens (including phenoxy) is 1. The topological polar surface area (TPSA) is 120 Å². The van der Waals surface area contributed by atoms with Crippen molar-refractivity contribution in [3.63, 3.8) is 0 Å². The largest absolute Gasteiger partial charge is 0.494 e. The smallest absolute Gasteiger partial charge is 0.223 e. The molecule has 2 unspecified atom stereocenters. The van der Waals surface area contributed by atoms with Gasteiger partial charge in [-0.05, 0) is 32.3 Å². The van der Waals surface area contributed by atoms with Gasteiger partial charge in [-0.25, -0.2) is 14.4 Å². The quantitative estimate of drug-likeness (QED) is 0.443. The van der Waals surface area contributed by atoms with Crippen LogP contribution in [0.2, 0.25) is 0 Å². The van der Waals surface area contributed by atoms with Crippen molar-refractivity contribution in [1.29, 1.82) is 0 Å². The highest BCUT2D eigenvalue weighted by atomic mass is 19.1. The summed E-state index contributed by atoms with van der Waals surface area (Å²) >= 11 is 0. The van der Waals surface area contributed by atoms with Crippen LogP contribution >= 0.6 is 0 Å². The molecule has 0 aliphatic carbocycles. The second-order valence-corrected chi connectivity index (χ2v) is 9.21. The van der Waals surface area contributed by atoms with E-state index < -0.39 is 11.4 Å². The monoisotopic (exact) mass is 468 g/mol. The fourth-order valence-corrected chi connectivity index (χ4v) is 4.46. The van der Waals surface area contributed by atoms with E-state index in [2.05, 4.69) is 20.1 Å². The van der Waals surface area contributed by atoms with Crippen LogP contribution in [0.25, 0.3) is 16.6 Å². The number of aromatic nitrogens is 6. The van der Waals surface area contributed by atoms with Crippen LogP contribution in [0.1, 0.15) is 44.9 Å². The van der Waals surface area contributed by atoms with E-state index in [0.717, 1.165) is 31.6 Å². The zero-order valence-corrected chi connectivity index (χ0v) is 19.6. The first-order chi connectivity index (χ1) is 16.3. The zero-order chi connectivity index (χ0) is 24.0. The van der Waals surface area contributed by atoms with Gasteiger partial charge in [-0.2, -0.15) is 9.61 Å². The van der Waals surface area contributed by atoms with E-state index in [1.54, 1.807) is 4.68 Å². The fraction of sp³-hybridized carbons (Fsp3) is 0.478. The van der Waals surface area contributed by atoms with Gasteiger partial charge in [-0.15, -0.1) is 5.10 Å². The molecule has 180 valence electrons. The Balaban J connectivity index is 1.44. The van der Waals surface area contributed by atoms with Crippen LogP contribution in [0.5, 0.6) is 5.75 Å². The second-order valence-electron chi connectivity index (χ2n) is 9.21. The van der Waals surface area contributed by atoms with Crippen molar-refractivity contribution in [2.75, 3.05) is 30.8 Å². The normalized spacial score (nSPS) is 18.5. The number of hydrogen-bond acceptors (Lipinski definition) is 8. The minimum atomic E-state index is -0.797. The van der Waals surface area contributed by atoms with Gasteiger partial charge in [0.1, 0.15) is 0 Å². The van der Waals surface area contributed by atoms with Crippen molar-refractivity contribution >= 4 is 28.2 Å². The summed E-state index contributed by atoms with van der Waals surface area (Å²) in [6.45, 7) is 5.83. The third kappa shape index (κ3) is 4.00. The van der Waals surface area contributed by atoms with Crippen molar-refractivity contribution in [3.8, 4) is 5.75 Å². The third-order valence-corrected chi connectivity index (χ3v) is 6.62. The number of hydrogen-bond donors (Lipinski definition) is 2. The number of fused-ring (bicyclic) bond motifs is 3. The minimum Gasteiger partial charge on any atom is -0.494 e. The number of benzene rings is 1. The molecule has 11 heteroatoms. The van der Waals surface area contributed by atoms with Crippen LogP contribution in [-0.2, 0) is 6.54 Å². The number of rotatable bonds is 6. The maximum absolute atomic E-state index is 14.4. The maximum Gasteiger partial charge on any atom is 0.223 e. The predicted molar refractivity (Wildman–Crippen MR) is 127 cm³/mol. The van der Waals surface area contributed by atoms with Crippen molar-refractivity contribution in [2.45, 2.75) is 51.2 Å². The molecule has 1 aliphatic heterocycles. The lowest BCUT2D eigenvalue weighted by molar-refractivity contribution is 0.0345. The van der Waals surface area contributed by atoms with Crippen molar-refractivity contribution in [1.82, 2.24) is 29.4 Å². The molecule has 4 heterocycles. The molecule has 34 heavy (non-hydrogen) atoms. The molecule has 0 radical (unpaired) electrons. The lowest BCUT2D eigenvalue weighted by atomic mass is 9.97. The Kier molecular flexibility index (Phi) is 5.51. The molecule has 0 bridgehead atoms. The molecule has 2 atom stereocenters. The lowest BCUT2D eigenvalue weighted by Crippen LogP contribution is -2.34. The SMILES string of the molecule is CCC(C)(O)Cn1cc(N2CCCC(c3nc4c5cc(F)c(OC)cc5nc(N)n4n3)C2)cn1. The Morgan fingerprint density at radius 3 is 2.91 bits per heavy atom. The molecule has 0 amide bonds. The molecule has 0 saturated carbocycles. The Bertz CT molecular complexity index is 1350. The molecule has 3 N–H and O–H groups in total. The number of halogens is 1. The highest BCUT2D eigenvalue weighted by molar-refractivity contribution is 5.93. The van der Waals surface area contributed by atoms with Crippen molar-refractivity contribution in [2.24, 2.45) is 0 Å². The van der Waals surface area contributed by atoms with Gasteiger partial charge in [-0.1, -0.05) is 6.92 Å². The Hall–Kier alpha value is -3.47. The van der Waals surface area contributed by atoms with Gasteiger partial charge in [-0.3, -0.25) is 4.68 Å². The van der Waals surface area contributed by atoms with Gasteiger partial charge < -0.3 is 20.5 Å². The molecule has 5 rings (SSSR count). The number of nitrogen functional groups attached to an aromatic ring is 1. The molecule has 10 nitrogen and oxygen atoms in total. The van der Waals surface area contributed by atoms with Crippen LogP contribution in [-0.4, -0.2) is 60.3 Å². The van der Waals surface area contributed by atoms with E-state index in [1.807, 2.05) is 26.2 Å². The van der Waals surface area contributed by atoms with Crippen molar-refractivity contribution < 1.29 is 14.2 Å². The molecular formula is C23H29FN8O2. The summed E-state index contributed by atoms with van der Waals surface area (Å²) in [6.07, 6.45) is 6.35. The van der Waals surface area contributed by atoms with E-state index in [-0.39, 0.29) is 17.6 Å². The number of methoxy groups -OCH3 is 1. The molecule has 1 aliphatic rings. The predicted octanol–water partition coefficient (Wildman–Crippen LogP) is 2.75. The molecule has 1 saturated heterocycles. The summed E-state index contributed by atoms with van der Waals surface area (Å²) in [5, 5.41) is 20.0. The number of piperidine rings is 1. The number of nitrogens with zero attached hydrogens (tertiary/aromatic N) is 7. The van der Waals surface area contributed by atoms with Crippen LogP contribution < -0.4 is 15.4 Å². The average Bonchev–Trinajstić information content (AvgIpc) is 3.47. The molecule has 3 aromatic heterocycles. The summed E-state index contributed by atoms with van der Waals surface area (Å²) in [7, 11) is 1.41. The van der Waals surface area contributed by atoms with E-state index in [4.69, 9.17) is 15.5 Å². The first kappa shape index (κ1) is 22.3. The summed E-state index contributed by atoms with van der Waals surface area (Å²) in [6, 6.07) is 2.88. The molecule has 0 spiro atoms. The van der Waals surface area contributed by atoms with Crippen LogP contribution in [0, 0.1) is 5.82 Å². The summed E-state index contributed by atoms with van der Waals surface area (Å²) < 4.78 is 22.7. The molecule has 1 fully saturated rings. The van der Waals surface area contributed by atoms with E-state index >= 15 is 0 Å². The summed E-state index contributed by atoms with van der Waals surface area (Å²) in [4.78, 5) is 11.4. The summed E-state index contributed by atoms with van der Waals surface area (Å²) in [5.74, 6) is 0.534. The Morgan fingerprint density at radius 2 is 2.15 bits per heavy atom. The molecule has 4 aromatic rings. The van der Waals surface area contributed by atoms with E-state index in [1.165, 1.54) is 23.8 Å². The highest BCUT2D eigenvalue weighted by Gasteiger charge is 2.27. The number of anilines is 2. The molecule has 1 aromatic carbocycles. The van der Waals surface area contributed by atoms with E-state index in [0.29, 0.717) is 35.3 Å². The van der Waals surface area contributed by atoms with Crippen LogP contribution in [0.3, 0.4) is 0 Å². The molecular weight excluding hydrogens is 439 g/mol. The Morgan fingerprint density at radius 1 is 1.32 bits per heavy atom. The van der Waals surface area contributed by atoms with Gasteiger partial charge >= 0.3 is 0 Å². The van der Waals surface area contributed by atoms with Gasteiger partial charge in [0.15, 0.2) is 23.0 Å². The second kappa shape index (κ2) is 8.39. The zero-order valence-electron chi connectivity index (χ0n) is 19.6. The summed E-state index contributed by atoms with van der Waals surface area (Å²) in [5.41, 5.74) is 7.33. The lowest BCUT2D eigenvalue weighted by Gasteiger charge is -2.32. The maximum atomic E-state index is 14.4. The first-order valence-corrected chi connectivity index (χ1v) is 11.5. The van der Waals surface area contributed by atoms with Gasteiger partial charge in [0.05, 0.1) is 36.7 Å². The van der Waals surface area contributed by atoms with Crippen molar-refractivity contribution in [3.05, 3.63) is 36.2 Å². The van der Waals surface area contributed by atoms with Gasteiger partial charge in [0.2, 0.25) is 5.95 Å². The van der Waals surface area contributed by atoms with Gasteiger partial charge in [0.25, 0.3) is 0 Å². The minimum absolute atomic E-state index is 0.0771. The average molecular weight is 469 g/mol. The standard InChI is InChI=1S/C23H29FN8O2/c1-4-23(2,33)13-31-12-15(10-26-31)30-7-5-6-14(11-30)20-28-21-16-8-17(24)19(34-3)9-18(16)27-22(25)32(21)29-20/h8-10,12,14,33H,4-7,11,13H2,1-3H3,(H2,25,27). The number of aliphatic hydroxyl groups is 1. The highest BCUT2D eigenvalue weighted by Crippen LogP contribution is 2.31. The van der Waals surface area contributed by atoms with Crippen LogP contribution in [0.4, 0.5) is 16.0 Å². The van der Waals surface area contributed by atoms with E-state index in [9.17, 15) is 9.50 Å². The fourth-order valence-electron chi connectivity index (χ4n) is 4.46. The van der Waals surface area contributed by atoms with Gasteiger partial charge in [0, 0.05) is 36.7 Å². The Labute approximate surface area is 196 Å².